The summed E-state index contributed by atoms with van der Waals surface area (Å²) < 4.78 is 11.8. The van der Waals surface area contributed by atoms with E-state index in [2.05, 4.69) is 17.4 Å². The van der Waals surface area contributed by atoms with Gasteiger partial charge in [0.25, 0.3) is 0 Å². The highest BCUT2D eigenvalue weighted by Crippen LogP contribution is 2.40. The zero-order valence-corrected chi connectivity index (χ0v) is 12.6. The largest absolute Gasteiger partial charge is 0.493 e. The van der Waals surface area contributed by atoms with Gasteiger partial charge in [0.1, 0.15) is 18.5 Å². The average molecular weight is 299 g/mol. The summed E-state index contributed by atoms with van der Waals surface area (Å²) >= 11 is 0. The van der Waals surface area contributed by atoms with Crippen LogP contribution in [0, 0.1) is 5.92 Å². The Balaban J connectivity index is 1.61. The van der Waals surface area contributed by atoms with E-state index in [-0.39, 0.29) is 18.0 Å². The molecule has 0 aromatic heterocycles. The molecule has 1 aromatic rings. The van der Waals surface area contributed by atoms with Gasteiger partial charge < -0.3 is 14.8 Å². The van der Waals surface area contributed by atoms with Crippen LogP contribution in [0.2, 0.25) is 0 Å². The third kappa shape index (κ3) is 2.41. The minimum absolute atomic E-state index is 0.00530. The number of carbonyl (C=O) groups excluding carboxylic acids is 1. The summed E-state index contributed by atoms with van der Waals surface area (Å²) in [7, 11) is 0. The minimum atomic E-state index is -0.154. The molecule has 4 rings (SSSR count). The van der Waals surface area contributed by atoms with E-state index in [1.807, 2.05) is 12.1 Å². The van der Waals surface area contributed by atoms with Gasteiger partial charge in [-0.05, 0) is 36.9 Å². The topological polar surface area (TPSA) is 47.6 Å². The van der Waals surface area contributed by atoms with Crippen LogP contribution in [0.5, 0.6) is 0 Å². The van der Waals surface area contributed by atoms with Crippen molar-refractivity contribution in [3.05, 3.63) is 41.2 Å². The molecule has 2 heterocycles. The maximum atomic E-state index is 12.4. The lowest BCUT2D eigenvalue weighted by atomic mass is 9.85. The first-order chi connectivity index (χ1) is 10.8. The summed E-state index contributed by atoms with van der Waals surface area (Å²) in [6.07, 6.45) is 3.58. The lowest BCUT2D eigenvalue weighted by Crippen LogP contribution is -2.30. The molecular weight excluding hydrogens is 278 g/mol. The molecule has 4 heteroatoms. The van der Waals surface area contributed by atoms with Crippen LogP contribution in [0.25, 0.3) is 5.57 Å². The van der Waals surface area contributed by atoms with Crippen molar-refractivity contribution < 1.29 is 14.3 Å². The van der Waals surface area contributed by atoms with Crippen LogP contribution < -0.4 is 5.32 Å². The highest BCUT2D eigenvalue weighted by atomic mass is 16.5. The van der Waals surface area contributed by atoms with E-state index in [1.54, 1.807) is 0 Å². The van der Waals surface area contributed by atoms with E-state index in [4.69, 9.17) is 9.47 Å². The molecule has 1 aliphatic carbocycles. The van der Waals surface area contributed by atoms with Gasteiger partial charge in [0.15, 0.2) is 0 Å². The van der Waals surface area contributed by atoms with Gasteiger partial charge in [-0.25, -0.2) is 0 Å². The molecular formula is C18H21NO3. The van der Waals surface area contributed by atoms with Crippen LogP contribution in [0.1, 0.15) is 36.8 Å². The number of ether oxygens (including phenoxy) is 2. The first-order valence-corrected chi connectivity index (χ1v) is 8.18. The summed E-state index contributed by atoms with van der Waals surface area (Å²) in [4.78, 5) is 12.4. The fourth-order valence-electron chi connectivity index (χ4n) is 3.66. The highest BCUT2D eigenvalue weighted by molar-refractivity contribution is 5.79. The van der Waals surface area contributed by atoms with E-state index >= 15 is 0 Å². The monoisotopic (exact) mass is 299 g/mol. The first kappa shape index (κ1) is 13.8. The summed E-state index contributed by atoms with van der Waals surface area (Å²) in [5.74, 6) is 0.963. The number of esters is 1. The summed E-state index contributed by atoms with van der Waals surface area (Å²) in [6, 6.07) is 8.29. The van der Waals surface area contributed by atoms with E-state index in [0.29, 0.717) is 6.61 Å². The van der Waals surface area contributed by atoms with E-state index in [0.717, 1.165) is 50.1 Å². The Morgan fingerprint density at radius 3 is 3.05 bits per heavy atom. The lowest BCUT2D eigenvalue weighted by Gasteiger charge is -2.33. The number of fused-ring (bicyclic) bond motifs is 2. The molecule has 1 aromatic carbocycles. The molecule has 2 unspecified atom stereocenters. The molecule has 22 heavy (non-hydrogen) atoms. The van der Waals surface area contributed by atoms with Crippen LogP contribution in [0.4, 0.5) is 0 Å². The number of nitrogens with one attached hydrogen (secondary N) is 1. The molecule has 1 saturated heterocycles. The number of carbonyl (C=O) groups is 1. The predicted octanol–water partition coefficient (Wildman–Crippen LogP) is 2.63. The minimum Gasteiger partial charge on any atom is -0.493 e. The van der Waals surface area contributed by atoms with Gasteiger partial charge in [0.05, 0.1) is 5.92 Å². The summed E-state index contributed by atoms with van der Waals surface area (Å²) in [6.45, 7) is 2.27. The molecule has 1 N–H and O–H groups in total. The maximum absolute atomic E-state index is 12.4. The SMILES string of the molecule is O=C(OC1CCCC2=C1c1ccccc1CO2)C1CCNC1. The second-order valence-electron chi connectivity index (χ2n) is 6.29. The van der Waals surface area contributed by atoms with E-state index in [1.165, 1.54) is 11.1 Å². The molecule has 1 fully saturated rings. The maximum Gasteiger partial charge on any atom is 0.310 e. The van der Waals surface area contributed by atoms with Gasteiger partial charge in [-0.1, -0.05) is 24.3 Å². The molecule has 2 aliphatic heterocycles. The van der Waals surface area contributed by atoms with Gasteiger partial charge in [-0.15, -0.1) is 0 Å². The standard InChI is InChI=1S/C18H21NO3/c20-18(12-8-9-19-10-12)22-16-7-3-6-15-17(16)14-5-2-1-4-13(14)11-21-15/h1-2,4-5,12,16,19H,3,6-11H2. The van der Waals surface area contributed by atoms with Crippen molar-refractivity contribution in [2.75, 3.05) is 13.1 Å². The molecule has 116 valence electrons. The van der Waals surface area contributed by atoms with Crippen LogP contribution in [-0.4, -0.2) is 25.2 Å². The average Bonchev–Trinajstić information content (AvgIpc) is 3.09. The Labute approximate surface area is 130 Å². The van der Waals surface area contributed by atoms with Gasteiger partial charge >= 0.3 is 5.97 Å². The third-order valence-corrected chi connectivity index (χ3v) is 4.85. The quantitative estimate of drug-likeness (QED) is 0.853. The first-order valence-electron chi connectivity index (χ1n) is 8.18. The van der Waals surface area contributed by atoms with Gasteiger partial charge in [-0.3, -0.25) is 4.79 Å². The van der Waals surface area contributed by atoms with Crippen molar-refractivity contribution in [2.24, 2.45) is 5.92 Å². The van der Waals surface area contributed by atoms with Crippen LogP contribution in [-0.2, 0) is 20.9 Å². The van der Waals surface area contributed by atoms with Gasteiger partial charge in [0, 0.05) is 18.5 Å². The second kappa shape index (κ2) is 5.76. The van der Waals surface area contributed by atoms with Crippen molar-refractivity contribution in [3.63, 3.8) is 0 Å². The zero-order valence-electron chi connectivity index (χ0n) is 12.6. The molecule has 0 spiro atoms. The number of rotatable bonds is 2. The normalized spacial score (nSPS) is 26.9. The fourth-order valence-corrected chi connectivity index (χ4v) is 3.66. The summed E-state index contributed by atoms with van der Waals surface area (Å²) in [5, 5.41) is 3.22. The number of hydrogen-bond donors (Lipinski definition) is 1. The van der Waals surface area contributed by atoms with Crippen molar-refractivity contribution >= 4 is 11.5 Å². The molecule has 0 amide bonds. The number of hydrogen-bond acceptors (Lipinski definition) is 4. The molecule has 0 bridgehead atoms. The highest BCUT2D eigenvalue weighted by Gasteiger charge is 2.34. The fraction of sp³-hybridized carbons (Fsp3) is 0.500. The number of allylic oxidation sites excluding steroid dienone is 1. The lowest BCUT2D eigenvalue weighted by molar-refractivity contribution is -0.151. The van der Waals surface area contributed by atoms with Crippen molar-refractivity contribution in [3.8, 4) is 0 Å². The molecule has 0 radical (unpaired) electrons. The third-order valence-electron chi connectivity index (χ3n) is 4.85. The molecule has 4 nitrogen and oxygen atoms in total. The smallest absolute Gasteiger partial charge is 0.310 e. The van der Waals surface area contributed by atoms with Crippen molar-refractivity contribution in [1.29, 1.82) is 0 Å². The molecule has 3 aliphatic rings. The Bertz CT molecular complexity index is 617. The Morgan fingerprint density at radius 2 is 2.18 bits per heavy atom. The Kier molecular flexibility index (Phi) is 3.62. The molecule has 0 saturated carbocycles. The van der Waals surface area contributed by atoms with Crippen molar-refractivity contribution in [1.82, 2.24) is 5.32 Å². The molecule has 2 atom stereocenters. The van der Waals surface area contributed by atoms with E-state index in [9.17, 15) is 4.79 Å². The van der Waals surface area contributed by atoms with Crippen LogP contribution >= 0.6 is 0 Å². The Hall–Kier alpha value is -1.81. The van der Waals surface area contributed by atoms with Gasteiger partial charge in [0.2, 0.25) is 0 Å². The van der Waals surface area contributed by atoms with E-state index < -0.39 is 0 Å². The zero-order chi connectivity index (χ0) is 14.9. The summed E-state index contributed by atoms with van der Waals surface area (Å²) in [5.41, 5.74) is 3.49. The van der Waals surface area contributed by atoms with Crippen LogP contribution in [0.3, 0.4) is 0 Å². The van der Waals surface area contributed by atoms with Crippen LogP contribution in [0.15, 0.2) is 30.0 Å². The second-order valence-corrected chi connectivity index (χ2v) is 6.29. The van der Waals surface area contributed by atoms with Crippen molar-refractivity contribution in [2.45, 2.75) is 38.4 Å². The predicted molar refractivity (Wildman–Crippen MR) is 82.9 cm³/mol. The Morgan fingerprint density at radius 1 is 1.27 bits per heavy atom. The van der Waals surface area contributed by atoms with Gasteiger partial charge in [-0.2, -0.15) is 0 Å². The number of benzene rings is 1.